The van der Waals surface area contributed by atoms with E-state index < -0.39 is 47.8 Å². The van der Waals surface area contributed by atoms with Gasteiger partial charge in [0.15, 0.2) is 0 Å². The van der Waals surface area contributed by atoms with E-state index in [-0.39, 0.29) is 40.5 Å². The third-order valence-corrected chi connectivity index (χ3v) is 5.28. The largest absolute Gasteiger partial charge is 0.458 e. The third-order valence-electron chi connectivity index (χ3n) is 5.28. The second-order valence-electron chi connectivity index (χ2n) is 11.7. The Bertz CT molecular complexity index is 1380. The highest BCUT2D eigenvalue weighted by atomic mass is 16.6. The Hall–Kier alpha value is -4.58. The minimum Gasteiger partial charge on any atom is -0.458 e. The SMILES string of the molecule is CC(=O)C[C@H](NC(=O)c1cc(OC(=O)c2ccc(N=C(C)NC(=O)OC(C)(C)C)cc2)ccc1CO)C(=O)OC(C)(C)C. The van der Waals surface area contributed by atoms with Gasteiger partial charge >= 0.3 is 18.0 Å². The molecule has 1 atom stereocenters. The number of nitrogens with one attached hydrogen (secondary N) is 2. The molecule has 0 aliphatic carbocycles. The van der Waals surface area contributed by atoms with E-state index in [0.717, 1.165) is 0 Å². The predicted octanol–water partition coefficient (Wildman–Crippen LogP) is 4.39. The van der Waals surface area contributed by atoms with Crippen LogP contribution in [0.25, 0.3) is 0 Å². The highest BCUT2D eigenvalue weighted by Crippen LogP contribution is 2.21. The number of benzene rings is 2. The zero-order chi connectivity index (χ0) is 32.5. The number of aliphatic hydroxyl groups excluding tert-OH is 1. The topological polar surface area (TPSA) is 170 Å². The fraction of sp³-hybridized carbons (Fsp3) is 0.419. The van der Waals surface area contributed by atoms with Crippen LogP contribution < -0.4 is 15.4 Å². The van der Waals surface area contributed by atoms with Crippen LogP contribution in [0.5, 0.6) is 5.75 Å². The molecular weight excluding hydrogens is 558 g/mol. The van der Waals surface area contributed by atoms with Crippen molar-refractivity contribution in [3.8, 4) is 5.75 Å². The van der Waals surface area contributed by atoms with Crippen LogP contribution in [0, 0.1) is 0 Å². The van der Waals surface area contributed by atoms with Gasteiger partial charge in [0, 0.05) is 12.0 Å². The summed E-state index contributed by atoms with van der Waals surface area (Å²) < 4.78 is 16.0. The van der Waals surface area contributed by atoms with Crippen molar-refractivity contribution in [2.75, 3.05) is 0 Å². The van der Waals surface area contributed by atoms with Crippen LogP contribution in [0.4, 0.5) is 10.5 Å². The Kier molecular flexibility index (Phi) is 11.7. The lowest BCUT2D eigenvalue weighted by Crippen LogP contribution is -2.45. The molecule has 0 fully saturated rings. The number of esters is 2. The molecule has 2 rings (SSSR count). The summed E-state index contributed by atoms with van der Waals surface area (Å²) in [7, 11) is 0. The normalized spacial score (nSPS) is 12.5. The van der Waals surface area contributed by atoms with Crippen LogP contribution in [0.15, 0.2) is 47.5 Å². The van der Waals surface area contributed by atoms with Gasteiger partial charge < -0.3 is 24.6 Å². The van der Waals surface area contributed by atoms with Crippen molar-refractivity contribution in [2.24, 2.45) is 4.99 Å². The fourth-order valence-electron chi connectivity index (χ4n) is 3.57. The molecular formula is C31H39N3O9. The van der Waals surface area contributed by atoms with E-state index in [0.29, 0.717) is 5.69 Å². The summed E-state index contributed by atoms with van der Waals surface area (Å²) in [4.78, 5) is 66.5. The summed E-state index contributed by atoms with van der Waals surface area (Å²) in [6, 6.07) is 8.87. The lowest BCUT2D eigenvalue weighted by molar-refractivity contribution is -0.158. The van der Waals surface area contributed by atoms with Gasteiger partial charge in [-0.1, -0.05) is 6.07 Å². The molecule has 3 N–H and O–H groups in total. The average Bonchev–Trinajstić information content (AvgIpc) is 2.86. The third kappa shape index (κ3) is 12.0. The molecule has 12 heteroatoms. The number of aliphatic hydroxyl groups is 1. The van der Waals surface area contributed by atoms with E-state index in [1.165, 1.54) is 37.3 Å². The maximum atomic E-state index is 13.1. The van der Waals surface area contributed by atoms with Crippen molar-refractivity contribution in [3.05, 3.63) is 59.2 Å². The van der Waals surface area contributed by atoms with Crippen molar-refractivity contribution in [1.29, 1.82) is 0 Å². The lowest BCUT2D eigenvalue weighted by Gasteiger charge is -2.24. The van der Waals surface area contributed by atoms with Crippen molar-refractivity contribution < 1.29 is 43.3 Å². The fourth-order valence-corrected chi connectivity index (χ4v) is 3.57. The first-order valence-corrected chi connectivity index (χ1v) is 13.5. The summed E-state index contributed by atoms with van der Waals surface area (Å²) in [5.41, 5.74) is -0.709. The Balaban J connectivity index is 2.17. The Morgan fingerprint density at radius 2 is 1.49 bits per heavy atom. The summed E-state index contributed by atoms with van der Waals surface area (Å²) in [5, 5.41) is 14.8. The first-order valence-electron chi connectivity index (χ1n) is 13.5. The molecule has 0 aliphatic heterocycles. The number of carbonyl (C=O) groups is 5. The number of hydrogen-bond acceptors (Lipinski definition) is 10. The van der Waals surface area contributed by atoms with Gasteiger partial charge in [-0.3, -0.25) is 14.9 Å². The number of hydrogen-bond donors (Lipinski definition) is 3. The predicted molar refractivity (Wildman–Crippen MR) is 158 cm³/mol. The number of Topliss-reactive ketones (excluding diaryl/α,β-unsaturated/α-hetero) is 1. The van der Waals surface area contributed by atoms with Crippen LogP contribution in [-0.4, -0.2) is 57.9 Å². The minimum atomic E-state index is -1.26. The number of ether oxygens (including phenoxy) is 3. The molecule has 2 aromatic rings. The lowest BCUT2D eigenvalue weighted by atomic mass is 10.0. The van der Waals surface area contributed by atoms with Crippen molar-refractivity contribution in [1.82, 2.24) is 10.6 Å². The molecule has 2 aromatic carbocycles. The van der Waals surface area contributed by atoms with E-state index in [4.69, 9.17) is 14.2 Å². The number of ketones is 1. The molecule has 0 bridgehead atoms. The molecule has 0 saturated carbocycles. The number of amidine groups is 1. The van der Waals surface area contributed by atoms with Gasteiger partial charge in [-0.25, -0.2) is 19.4 Å². The zero-order valence-electron chi connectivity index (χ0n) is 25.7. The van der Waals surface area contributed by atoms with Gasteiger partial charge in [0.1, 0.15) is 34.6 Å². The van der Waals surface area contributed by atoms with Crippen LogP contribution in [0.3, 0.4) is 0 Å². The Labute approximate surface area is 250 Å². The van der Waals surface area contributed by atoms with Gasteiger partial charge in [0.25, 0.3) is 5.91 Å². The second kappa shape index (κ2) is 14.5. The summed E-state index contributed by atoms with van der Waals surface area (Å²) in [6.07, 6.45) is -0.936. The summed E-state index contributed by atoms with van der Waals surface area (Å²) >= 11 is 0. The monoisotopic (exact) mass is 597 g/mol. The van der Waals surface area contributed by atoms with Gasteiger partial charge in [-0.05, 0) is 97.4 Å². The molecule has 0 aliphatic rings. The van der Waals surface area contributed by atoms with Crippen LogP contribution in [0.1, 0.15) is 88.1 Å². The zero-order valence-corrected chi connectivity index (χ0v) is 25.7. The molecule has 0 radical (unpaired) electrons. The van der Waals surface area contributed by atoms with E-state index in [1.807, 2.05) is 0 Å². The molecule has 2 amide bonds. The van der Waals surface area contributed by atoms with Gasteiger partial charge in [-0.2, -0.15) is 0 Å². The van der Waals surface area contributed by atoms with Crippen LogP contribution in [0.2, 0.25) is 0 Å². The van der Waals surface area contributed by atoms with Crippen molar-refractivity contribution in [3.63, 3.8) is 0 Å². The van der Waals surface area contributed by atoms with Crippen LogP contribution in [-0.2, 0) is 25.7 Å². The molecule has 43 heavy (non-hydrogen) atoms. The van der Waals surface area contributed by atoms with Gasteiger partial charge in [0.05, 0.1) is 17.9 Å². The molecule has 0 aromatic heterocycles. The van der Waals surface area contributed by atoms with E-state index in [1.54, 1.807) is 60.6 Å². The summed E-state index contributed by atoms with van der Waals surface area (Å²) in [5.74, 6) is -2.33. The number of aliphatic imine (C=N–C) groups is 1. The number of alkyl carbamates (subject to hydrolysis) is 1. The Morgan fingerprint density at radius 3 is 2.02 bits per heavy atom. The average molecular weight is 598 g/mol. The number of rotatable bonds is 9. The maximum absolute atomic E-state index is 13.1. The van der Waals surface area contributed by atoms with Crippen molar-refractivity contribution in [2.45, 2.75) is 85.7 Å². The number of nitrogens with zero attached hydrogens (tertiary/aromatic N) is 1. The summed E-state index contributed by atoms with van der Waals surface area (Å²) in [6.45, 7) is 12.6. The quantitative estimate of drug-likeness (QED) is 0.164. The van der Waals surface area contributed by atoms with E-state index >= 15 is 0 Å². The number of amides is 2. The molecule has 12 nitrogen and oxygen atoms in total. The molecule has 0 spiro atoms. The molecule has 0 saturated heterocycles. The molecule has 232 valence electrons. The maximum Gasteiger partial charge on any atom is 0.413 e. The first-order chi connectivity index (χ1) is 19.9. The van der Waals surface area contributed by atoms with E-state index in [2.05, 4.69) is 15.6 Å². The Morgan fingerprint density at radius 1 is 0.884 bits per heavy atom. The second-order valence-corrected chi connectivity index (χ2v) is 11.7. The minimum absolute atomic E-state index is 0.00670. The standard InChI is InChI=1S/C31H39N3O9/c1-18(36)15-25(28(39)42-30(3,4)5)34-26(37)24-16-23(14-11-21(24)17-35)41-27(38)20-9-12-22(13-10-20)32-19(2)33-29(40)43-31(6,7)8/h9-14,16,25,35H,15,17H2,1-8H3,(H,34,37)(H,32,33,40)/t25-/m0/s1. The highest BCUT2D eigenvalue weighted by molar-refractivity contribution is 6.00. The molecule has 0 heterocycles. The first kappa shape index (κ1) is 34.6. The van der Waals surface area contributed by atoms with Crippen LogP contribution >= 0.6 is 0 Å². The van der Waals surface area contributed by atoms with E-state index in [9.17, 15) is 29.1 Å². The number of carbonyl (C=O) groups excluding carboxylic acids is 5. The van der Waals surface area contributed by atoms with Gasteiger partial charge in [0.2, 0.25) is 0 Å². The molecule has 0 unspecified atom stereocenters. The smallest absolute Gasteiger partial charge is 0.413 e. The van der Waals surface area contributed by atoms with Crippen molar-refractivity contribution >= 4 is 41.2 Å². The van der Waals surface area contributed by atoms with Gasteiger partial charge in [-0.15, -0.1) is 0 Å². The highest BCUT2D eigenvalue weighted by Gasteiger charge is 2.29.